The average molecular weight is 147 g/mol. The van der Waals surface area contributed by atoms with Crippen LogP contribution in [0.2, 0.25) is 0 Å². The lowest BCUT2D eigenvalue weighted by Crippen LogP contribution is -1.80. The van der Waals surface area contributed by atoms with Crippen LogP contribution in [0, 0.1) is 0 Å². The van der Waals surface area contributed by atoms with Gasteiger partial charge in [0.1, 0.15) is 0 Å². The smallest absolute Gasteiger partial charge is 0.0487 e. The van der Waals surface area contributed by atoms with Crippen LogP contribution in [0.1, 0.15) is 33.1 Å². The molecule has 0 N–H and O–H groups in total. The molecule has 0 saturated carbocycles. The van der Waals surface area contributed by atoms with Gasteiger partial charge in [-0.25, -0.2) is 0 Å². The van der Waals surface area contributed by atoms with E-state index in [2.05, 4.69) is 13.0 Å². The molecule has 54 valence electrons. The third kappa shape index (κ3) is 8.03. The lowest BCUT2D eigenvalue weighted by molar-refractivity contribution is 0.813. The van der Waals surface area contributed by atoms with Crippen LogP contribution in [0.15, 0.2) is 12.2 Å². The van der Waals surface area contributed by atoms with Crippen LogP contribution in [0.5, 0.6) is 0 Å². The van der Waals surface area contributed by atoms with Crippen molar-refractivity contribution < 1.29 is 0 Å². The molecule has 0 spiro atoms. The molecule has 1 heteroatoms. The Morgan fingerprint density at radius 1 is 1.56 bits per heavy atom. The van der Waals surface area contributed by atoms with E-state index in [-0.39, 0.29) is 5.38 Å². The zero-order chi connectivity index (χ0) is 7.11. The van der Waals surface area contributed by atoms with Gasteiger partial charge in [-0.15, -0.1) is 11.6 Å². The molecule has 0 rings (SSSR count). The summed E-state index contributed by atoms with van der Waals surface area (Å²) < 4.78 is 0. The van der Waals surface area contributed by atoms with E-state index in [4.69, 9.17) is 11.6 Å². The summed E-state index contributed by atoms with van der Waals surface area (Å²) in [5.41, 5.74) is 0. The number of alkyl halides is 1. The second kappa shape index (κ2) is 6.15. The molecular weight excluding hydrogens is 132 g/mol. The molecule has 0 aliphatic heterocycles. The van der Waals surface area contributed by atoms with E-state index in [9.17, 15) is 0 Å². The van der Waals surface area contributed by atoms with Gasteiger partial charge in [0.25, 0.3) is 0 Å². The minimum absolute atomic E-state index is 0.196. The molecule has 0 bridgehead atoms. The van der Waals surface area contributed by atoms with Crippen molar-refractivity contribution in [2.45, 2.75) is 38.5 Å². The van der Waals surface area contributed by atoms with Crippen molar-refractivity contribution in [3.8, 4) is 0 Å². The number of rotatable bonds is 4. The summed E-state index contributed by atoms with van der Waals surface area (Å²) in [5, 5.41) is 0.196. The van der Waals surface area contributed by atoms with Crippen LogP contribution in [0.3, 0.4) is 0 Å². The first kappa shape index (κ1) is 9.03. The third-order valence-electron chi connectivity index (χ3n) is 1.13. The van der Waals surface area contributed by atoms with Crippen LogP contribution in [0.25, 0.3) is 0 Å². The Morgan fingerprint density at radius 2 is 2.22 bits per heavy atom. The Labute approximate surface area is 62.9 Å². The molecule has 0 heterocycles. The number of hydrogen-bond donors (Lipinski definition) is 0. The molecule has 0 radical (unpaired) electrons. The Morgan fingerprint density at radius 3 is 2.67 bits per heavy atom. The molecule has 0 amide bonds. The van der Waals surface area contributed by atoms with Gasteiger partial charge in [-0.1, -0.05) is 31.9 Å². The van der Waals surface area contributed by atoms with E-state index in [1.165, 1.54) is 19.3 Å². The van der Waals surface area contributed by atoms with Crippen LogP contribution < -0.4 is 0 Å². The molecule has 1 unspecified atom stereocenters. The van der Waals surface area contributed by atoms with Crippen molar-refractivity contribution in [2.75, 3.05) is 0 Å². The van der Waals surface area contributed by atoms with Gasteiger partial charge < -0.3 is 0 Å². The Balaban J connectivity index is 3.04. The Hall–Kier alpha value is 0.0300. The summed E-state index contributed by atoms with van der Waals surface area (Å²) >= 11 is 5.67. The van der Waals surface area contributed by atoms with Gasteiger partial charge >= 0.3 is 0 Å². The van der Waals surface area contributed by atoms with Crippen molar-refractivity contribution in [2.24, 2.45) is 0 Å². The van der Waals surface area contributed by atoms with E-state index >= 15 is 0 Å². The van der Waals surface area contributed by atoms with Gasteiger partial charge in [-0.3, -0.25) is 0 Å². The predicted octanol–water partition coefficient (Wildman–Crippen LogP) is 3.36. The number of halogens is 1. The molecule has 0 nitrogen and oxygen atoms in total. The maximum atomic E-state index is 5.67. The van der Waals surface area contributed by atoms with E-state index < -0.39 is 0 Å². The zero-order valence-electron chi connectivity index (χ0n) is 6.23. The highest BCUT2D eigenvalue weighted by Crippen LogP contribution is 1.99. The van der Waals surface area contributed by atoms with Gasteiger partial charge in [0.2, 0.25) is 0 Å². The molecule has 0 aromatic carbocycles. The fraction of sp³-hybridized carbons (Fsp3) is 0.750. The number of hydrogen-bond acceptors (Lipinski definition) is 0. The second-order valence-electron chi connectivity index (χ2n) is 2.25. The third-order valence-corrected chi connectivity index (χ3v) is 1.27. The molecule has 1 atom stereocenters. The molecule has 0 aromatic rings. The maximum absolute atomic E-state index is 5.67. The average Bonchev–Trinajstić information content (AvgIpc) is 1.80. The lowest BCUT2D eigenvalue weighted by atomic mass is 10.2. The predicted molar refractivity (Wildman–Crippen MR) is 44.0 cm³/mol. The summed E-state index contributed by atoms with van der Waals surface area (Å²) in [4.78, 5) is 0. The highest BCUT2D eigenvalue weighted by molar-refractivity contribution is 6.21. The molecule has 0 aliphatic carbocycles. The fourth-order valence-electron chi connectivity index (χ4n) is 0.606. The monoisotopic (exact) mass is 146 g/mol. The quantitative estimate of drug-likeness (QED) is 0.324. The maximum Gasteiger partial charge on any atom is 0.0487 e. The van der Waals surface area contributed by atoms with E-state index in [1.807, 2.05) is 13.0 Å². The van der Waals surface area contributed by atoms with Gasteiger partial charge in [0.05, 0.1) is 0 Å². The topological polar surface area (TPSA) is 0 Å². The van der Waals surface area contributed by atoms with Crippen LogP contribution in [-0.4, -0.2) is 5.38 Å². The Kier molecular flexibility index (Phi) is 6.18. The Bertz CT molecular complexity index is 74.6. The molecule has 0 aromatic heterocycles. The minimum atomic E-state index is 0.196. The molecule has 0 aliphatic rings. The van der Waals surface area contributed by atoms with Crippen molar-refractivity contribution in [3.05, 3.63) is 12.2 Å². The zero-order valence-corrected chi connectivity index (χ0v) is 6.99. The number of allylic oxidation sites excluding steroid dienone is 2. The molecule has 9 heavy (non-hydrogen) atoms. The molecule has 0 fully saturated rings. The van der Waals surface area contributed by atoms with Crippen molar-refractivity contribution in [1.29, 1.82) is 0 Å². The first-order chi connectivity index (χ1) is 4.27. The molecule has 0 saturated heterocycles. The SMILES string of the molecule is CCCC/C=C/C(C)Cl. The van der Waals surface area contributed by atoms with E-state index in [0.717, 1.165) is 0 Å². The van der Waals surface area contributed by atoms with Gasteiger partial charge in [0.15, 0.2) is 0 Å². The summed E-state index contributed by atoms with van der Waals surface area (Å²) in [6.07, 6.45) is 7.91. The lowest BCUT2D eigenvalue weighted by Gasteiger charge is -1.90. The minimum Gasteiger partial charge on any atom is -0.119 e. The van der Waals surface area contributed by atoms with Crippen LogP contribution in [0.4, 0.5) is 0 Å². The molecular formula is C8H15Cl. The van der Waals surface area contributed by atoms with Crippen molar-refractivity contribution >= 4 is 11.6 Å². The van der Waals surface area contributed by atoms with Gasteiger partial charge in [-0.2, -0.15) is 0 Å². The summed E-state index contributed by atoms with van der Waals surface area (Å²) in [7, 11) is 0. The van der Waals surface area contributed by atoms with Crippen LogP contribution >= 0.6 is 11.6 Å². The first-order valence-electron chi connectivity index (χ1n) is 3.58. The number of unbranched alkanes of at least 4 members (excludes halogenated alkanes) is 2. The van der Waals surface area contributed by atoms with Crippen LogP contribution in [-0.2, 0) is 0 Å². The fourth-order valence-corrected chi connectivity index (χ4v) is 0.709. The standard InChI is InChI=1S/C8H15Cl/c1-3-4-5-6-7-8(2)9/h6-8H,3-5H2,1-2H3/b7-6+. The summed E-state index contributed by atoms with van der Waals surface area (Å²) in [6.45, 7) is 4.17. The second-order valence-corrected chi connectivity index (χ2v) is 2.94. The van der Waals surface area contributed by atoms with Crippen molar-refractivity contribution in [1.82, 2.24) is 0 Å². The van der Waals surface area contributed by atoms with E-state index in [0.29, 0.717) is 0 Å². The largest absolute Gasteiger partial charge is 0.119 e. The summed E-state index contributed by atoms with van der Waals surface area (Å²) in [5.74, 6) is 0. The van der Waals surface area contributed by atoms with Crippen molar-refractivity contribution in [3.63, 3.8) is 0 Å². The highest BCUT2D eigenvalue weighted by Gasteiger charge is 1.84. The highest BCUT2D eigenvalue weighted by atomic mass is 35.5. The van der Waals surface area contributed by atoms with Gasteiger partial charge in [-0.05, 0) is 13.3 Å². The summed E-state index contributed by atoms with van der Waals surface area (Å²) in [6, 6.07) is 0. The normalized spacial score (nSPS) is 14.6. The van der Waals surface area contributed by atoms with Gasteiger partial charge in [0, 0.05) is 5.38 Å². The van der Waals surface area contributed by atoms with E-state index in [1.54, 1.807) is 0 Å². The first-order valence-corrected chi connectivity index (χ1v) is 4.01.